The van der Waals surface area contributed by atoms with E-state index >= 15 is 0 Å². The lowest BCUT2D eigenvalue weighted by Crippen LogP contribution is -2.73. The lowest BCUT2D eigenvalue weighted by atomic mass is 9.87. The number of carbonyl (C=O) groups is 4. The highest BCUT2D eigenvalue weighted by Crippen LogP contribution is 2.44. The van der Waals surface area contributed by atoms with Crippen LogP contribution in [0.5, 0.6) is 0 Å². The molecule has 0 bridgehead atoms. The maximum atomic E-state index is 13.5. The molecule has 35 heavy (non-hydrogen) atoms. The van der Waals surface area contributed by atoms with Crippen molar-refractivity contribution in [3.63, 3.8) is 0 Å². The number of ether oxygens (including phenoxy) is 1. The third-order valence-electron chi connectivity index (χ3n) is 6.16. The van der Waals surface area contributed by atoms with Crippen molar-refractivity contribution in [1.29, 1.82) is 0 Å². The number of hydrogen-bond acceptors (Lipinski definition) is 6. The minimum atomic E-state index is -1.08. The van der Waals surface area contributed by atoms with E-state index in [1.54, 1.807) is 11.0 Å². The van der Waals surface area contributed by atoms with E-state index < -0.39 is 29.4 Å². The first kappa shape index (κ1) is 25.2. The largest absolute Gasteiger partial charge is 0.452 e. The summed E-state index contributed by atoms with van der Waals surface area (Å²) in [5.74, 6) is -1.14. The molecule has 4 rings (SSSR count). The molecular formula is C26H25BrN2O5S. The topological polar surface area (TPSA) is 92.8 Å². The number of nitrogens with one attached hydrogen (secondary N) is 1. The number of carbonyl (C=O) groups excluding carboxylic acids is 4. The van der Waals surface area contributed by atoms with E-state index in [2.05, 4.69) is 27.8 Å². The zero-order valence-corrected chi connectivity index (χ0v) is 21.3. The number of alkyl halides is 1. The Balaban J connectivity index is 1.47. The predicted molar refractivity (Wildman–Crippen MR) is 137 cm³/mol. The number of halogens is 1. The summed E-state index contributed by atoms with van der Waals surface area (Å²) < 4.78 is 6.07. The van der Waals surface area contributed by atoms with Gasteiger partial charge < -0.3 is 15.0 Å². The summed E-state index contributed by atoms with van der Waals surface area (Å²) in [7, 11) is 0. The van der Waals surface area contributed by atoms with E-state index in [0.717, 1.165) is 11.1 Å². The Bertz CT molecular complexity index is 1090. The SMILES string of the molecule is C=CC1(C(=O)OC(c2ccccc2)c2ccccc2)CS[C@@H]2C(NC(=O)CC(=O)CBr)C(=O)N2C1. The normalized spacial score (nSPS) is 23.1. The molecular weight excluding hydrogens is 532 g/mol. The van der Waals surface area contributed by atoms with Crippen LogP contribution in [0.4, 0.5) is 0 Å². The van der Waals surface area contributed by atoms with Crippen LogP contribution in [-0.4, -0.2) is 57.5 Å². The number of rotatable bonds is 9. The van der Waals surface area contributed by atoms with Crippen molar-refractivity contribution in [2.75, 3.05) is 17.6 Å². The van der Waals surface area contributed by atoms with Gasteiger partial charge in [0.25, 0.3) is 0 Å². The van der Waals surface area contributed by atoms with Crippen molar-refractivity contribution < 1.29 is 23.9 Å². The summed E-state index contributed by atoms with van der Waals surface area (Å²) in [5, 5.41) is 2.43. The molecule has 7 nitrogen and oxygen atoms in total. The highest BCUT2D eigenvalue weighted by molar-refractivity contribution is 9.09. The van der Waals surface area contributed by atoms with Crippen molar-refractivity contribution in [2.45, 2.75) is 23.9 Å². The summed E-state index contributed by atoms with van der Waals surface area (Å²) in [6.45, 7) is 4.00. The number of thioether (sulfide) groups is 1. The van der Waals surface area contributed by atoms with E-state index in [-0.39, 0.29) is 35.4 Å². The molecule has 2 amide bonds. The van der Waals surface area contributed by atoms with Crippen molar-refractivity contribution >= 4 is 51.3 Å². The van der Waals surface area contributed by atoms with Crippen LogP contribution in [0, 0.1) is 5.41 Å². The first-order valence-electron chi connectivity index (χ1n) is 11.1. The Morgan fingerprint density at radius 1 is 1.14 bits per heavy atom. The van der Waals surface area contributed by atoms with Crippen LogP contribution in [0.15, 0.2) is 73.3 Å². The summed E-state index contributed by atoms with van der Waals surface area (Å²) in [5.41, 5.74) is 0.598. The van der Waals surface area contributed by atoms with Gasteiger partial charge in [-0.3, -0.25) is 19.2 Å². The molecule has 2 fully saturated rings. The van der Waals surface area contributed by atoms with Gasteiger partial charge in [-0.25, -0.2) is 0 Å². The molecule has 2 aromatic carbocycles. The smallest absolute Gasteiger partial charge is 0.319 e. The third kappa shape index (κ3) is 5.21. The fourth-order valence-electron chi connectivity index (χ4n) is 4.18. The molecule has 2 saturated heterocycles. The van der Waals surface area contributed by atoms with Crippen LogP contribution in [0.25, 0.3) is 0 Å². The van der Waals surface area contributed by atoms with Gasteiger partial charge in [-0.2, -0.15) is 0 Å². The van der Waals surface area contributed by atoms with Crippen LogP contribution in [0.2, 0.25) is 0 Å². The minimum Gasteiger partial charge on any atom is -0.452 e. The molecule has 2 aliphatic heterocycles. The zero-order chi connectivity index (χ0) is 25.0. The summed E-state index contributed by atoms with van der Waals surface area (Å²) >= 11 is 4.42. The number of β-lactam (4-membered cyclic amide) rings is 1. The van der Waals surface area contributed by atoms with E-state index in [0.29, 0.717) is 5.75 Å². The quantitative estimate of drug-likeness (QED) is 0.167. The van der Waals surface area contributed by atoms with Gasteiger partial charge in [0.05, 0.1) is 11.8 Å². The minimum absolute atomic E-state index is 0.0836. The second-order valence-electron chi connectivity index (χ2n) is 8.53. The molecule has 0 aromatic heterocycles. The monoisotopic (exact) mass is 556 g/mol. The van der Waals surface area contributed by atoms with Crippen molar-refractivity contribution in [2.24, 2.45) is 5.41 Å². The number of esters is 1. The maximum absolute atomic E-state index is 13.5. The average molecular weight is 557 g/mol. The summed E-state index contributed by atoms with van der Waals surface area (Å²) in [6.07, 6.45) is 0.672. The Labute approximate surface area is 216 Å². The molecule has 2 aromatic rings. The third-order valence-corrected chi connectivity index (χ3v) is 8.33. The van der Waals surface area contributed by atoms with Crippen LogP contribution in [0.3, 0.4) is 0 Å². The van der Waals surface area contributed by atoms with Crippen LogP contribution in [-0.2, 0) is 23.9 Å². The predicted octanol–water partition coefficient (Wildman–Crippen LogP) is 3.25. The number of ketones is 1. The Kier molecular flexibility index (Phi) is 7.76. The average Bonchev–Trinajstić information content (AvgIpc) is 2.90. The number of hydrogen-bond donors (Lipinski definition) is 1. The van der Waals surface area contributed by atoms with Crippen LogP contribution in [0.1, 0.15) is 23.7 Å². The maximum Gasteiger partial charge on any atom is 0.319 e. The molecule has 0 spiro atoms. The Morgan fingerprint density at radius 3 is 2.29 bits per heavy atom. The van der Waals surface area contributed by atoms with Gasteiger partial charge in [0.2, 0.25) is 11.8 Å². The van der Waals surface area contributed by atoms with Crippen molar-refractivity contribution in [1.82, 2.24) is 10.2 Å². The molecule has 0 radical (unpaired) electrons. The van der Waals surface area contributed by atoms with Gasteiger partial charge in [-0.15, -0.1) is 18.3 Å². The van der Waals surface area contributed by atoms with Crippen LogP contribution >= 0.6 is 27.7 Å². The molecule has 9 heteroatoms. The molecule has 2 aliphatic rings. The molecule has 3 atom stereocenters. The highest BCUT2D eigenvalue weighted by Gasteiger charge is 2.57. The summed E-state index contributed by atoms with van der Waals surface area (Å²) in [4.78, 5) is 51.5. The number of fused-ring (bicyclic) bond motifs is 1. The lowest BCUT2D eigenvalue weighted by Gasteiger charge is -2.53. The second-order valence-corrected chi connectivity index (χ2v) is 10.2. The first-order valence-corrected chi connectivity index (χ1v) is 13.3. The van der Waals surface area contributed by atoms with Gasteiger partial charge in [0.15, 0.2) is 11.9 Å². The molecule has 0 saturated carbocycles. The van der Waals surface area contributed by atoms with E-state index in [1.807, 2.05) is 60.7 Å². The van der Waals surface area contributed by atoms with Crippen LogP contribution < -0.4 is 5.32 Å². The Hall–Kier alpha value is -2.91. The summed E-state index contributed by atoms with van der Waals surface area (Å²) in [6, 6.07) is 18.3. The molecule has 0 aliphatic carbocycles. The fourth-order valence-corrected chi connectivity index (χ4v) is 5.91. The Morgan fingerprint density at radius 2 is 1.74 bits per heavy atom. The number of benzene rings is 2. The van der Waals surface area contributed by atoms with Gasteiger partial charge in [0, 0.05) is 12.3 Å². The van der Waals surface area contributed by atoms with E-state index in [1.165, 1.54) is 11.8 Å². The van der Waals surface area contributed by atoms with E-state index in [4.69, 9.17) is 4.74 Å². The number of Topliss-reactive ketones (excluding diaryl/α,β-unsaturated/α-hetero) is 1. The second kappa shape index (κ2) is 10.8. The highest BCUT2D eigenvalue weighted by atomic mass is 79.9. The van der Waals surface area contributed by atoms with Gasteiger partial charge in [-0.1, -0.05) is 82.7 Å². The fraction of sp³-hybridized carbons (Fsp3) is 0.308. The first-order chi connectivity index (χ1) is 16.9. The van der Waals surface area contributed by atoms with Crippen molar-refractivity contribution in [3.05, 3.63) is 84.4 Å². The number of amides is 2. The van der Waals surface area contributed by atoms with Gasteiger partial charge in [-0.05, 0) is 11.1 Å². The molecule has 182 valence electrons. The molecule has 2 heterocycles. The van der Waals surface area contributed by atoms with Gasteiger partial charge in [0.1, 0.15) is 16.8 Å². The standard InChI is InChI=1S/C26H25BrN2O5S/c1-2-26(15-29-23(32)21(24(29)35-16-26)28-20(31)13-19(30)14-27)25(33)34-22(17-9-5-3-6-10-17)18-11-7-4-8-12-18/h2-12,21-22,24H,1,13-16H2,(H,28,31)/t21?,24-,26?/m1/s1. The molecule has 2 unspecified atom stereocenters. The van der Waals surface area contributed by atoms with Crippen molar-refractivity contribution in [3.8, 4) is 0 Å². The number of nitrogens with zero attached hydrogens (tertiary/aromatic N) is 1. The lowest BCUT2D eigenvalue weighted by molar-refractivity contribution is -0.162. The zero-order valence-electron chi connectivity index (χ0n) is 18.9. The van der Waals surface area contributed by atoms with E-state index in [9.17, 15) is 19.2 Å². The molecule has 1 N–H and O–H groups in total. The van der Waals surface area contributed by atoms with Gasteiger partial charge >= 0.3 is 5.97 Å².